The molecule has 0 aliphatic rings. The summed E-state index contributed by atoms with van der Waals surface area (Å²) in [5.41, 5.74) is 1.23. The Balaban J connectivity index is 1.62. The van der Waals surface area contributed by atoms with Crippen LogP contribution < -0.4 is 10.1 Å². The van der Waals surface area contributed by atoms with Crippen molar-refractivity contribution < 1.29 is 13.9 Å². The first-order valence-electron chi connectivity index (χ1n) is 9.06. The highest BCUT2D eigenvalue weighted by Crippen LogP contribution is 2.22. The Morgan fingerprint density at radius 2 is 2.17 bits per heavy atom. The number of carbonyl (C=O) groups excluding carboxylic acids is 1. The van der Waals surface area contributed by atoms with Crippen molar-refractivity contribution >= 4 is 39.3 Å². The smallest absolute Gasteiger partial charge is 0.234 e. The summed E-state index contributed by atoms with van der Waals surface area (Å²) in [6, 6.07) is 12.2. The van der Waals surface area contributed by atoms with Gasteiger partial charge in [0.05, 0.1) is 11.4 Å². The molecule has 2 aromatic carbocycles. The summed E-state index contributed by atoms with van der Waals surface area (Å²) < 4.78 is 22.1. The maximum Gasteiger partial charge on any atom is 0.234 e. The largest absolute Gasteiger partial charge is 0.486 e. The standard InChI is InChI=1S/C21H20BrFN4O2S/c1-3-9-27-19(12-29-16-6-4-5-14(2)10-16)25-26-21(27)30-13-20(28)24-18-8-7-15(22)11-17(18)23/h3-8,10-11H,1,9,12-13H2,2H3,(H,24,28). The van der Waals surface area contributed by atoms with Crippen LogP contribution >= 0.6 is 27.7 Å². The first-order valence-corrected chi connectivity index (χ1v) is 10.8. The molecule has 0 aliphatic carbocycles. The van der Waals surface area contributed by atoms with Crippen molar-refractivity contribution in [3.8, 4) is 5.75 Å². The Morgan fingerprint density at radius 3 is 2.90 bits per heavy atom. The Hall–Kier alpha value is -2.65. The number of rotatable bonds is 9. The van der Waals surface area contributed by atoms with E-state index in [9.17, 15) is 9.18 Å². The molecule has 1 N–H and O–H groups in total. The van der Waals surface area contributed by atoms with Gasteiger partial charge in [-0.25, -0.2) is 4.39 Å². The van der Waals surface area contributed by atoms with Crippen LogP contribution in [-0.2, 0) is 17.9 Å². The van der Waals surface area contributed by atoms with Crippen molar-refractivity contribution in [2.24, 2.45) is 0 Å². The molecule has 0 spiro atoms. The van der Waals surface area contributed by atoms with E-state index < -0.39 is 5.82 Å². The third-order valence-electron chi connectivity index (χ3n) is 4.00. The molecule has 0 atom stereocenters. The number of allylic oxidation sites excluding steroid dienone is 1. The summed E-state index contributed by atoms with van der Waals surface area (Å²) in [5.74, 6) is 0.579. The SMILES string of the molecule is C=CCn1c(COc2cccc(C)c2)nnc1SCC(=O)Nc1ccc(Br)cc1F. The van der Waals surface area contributed by atoms with Gasteiger partial charge in [0.2, 0.25) is 5.91 Å². The van der Waals surface area contributed by atoms with Gasteiger partial charge < -0.3 is 10.1 Å². The van der Waals surface area contributed by atoms with Crippen LogP contribution in [0.3, 0.4) is 0 Å². The van der Waals surface area contributed by atoms with Crippen LogP contribution in [-0.4, -0.2) is 26.4 Å². The molecule has 0 unspecified atom stereocenters. The van der Waals surface area contributed by atoms with Crippen LogP contribution in [0.1, 0.15) is 11.4 Å². The highest BCUT2D eigenvalue weighted by molar-refractivity contribution is 9.10. The Morgan fingerprint density at radius 1 is 1.33 bits per heavy atom. The van der Waals surface area contributed by atoms with E-state index in [1.54, 1.807) is 12.1 Å². The van der Waals surface area contributed by atoms with E-state index in [4.69, 9.17) is 4.74 Å². The first-order chi connectivity index (χ1) is 14.5. The van der Waals surface area contributed by atoms with Gasteiger partial charge in [-0.3, -0.25) is 9.36 Å². The zero-order valence-electron chi connectivity index (χ0n) is 16.3. The van der Waals surface area contributed by atoms with Gasteiger partial charge in [-0.2, -0.15) is 0 Å². The summed E-state index contributed by atoms with van der Waals surface area (Å²) in [5, 5.41) is 11.5. The monoisotopic (exact) mass is 490 g/mol. The highest BCUT2D eigenvalue weighted by atomic mass is 79.9. The number of thioether (sulfide) groups is 1. The fraction of sp³-hybridized carbons (Fsp3) is 0.190. The van der Waals surface area contributed by atoms with Crippen molar-refractivity contribution in [1.82, 2.24) is 14.8 Å². The predicted octanol–water partition coefficient (Wildman–Crippen LogP) is 4.98. The average Bonchev–Trinajstić information content (AvgIpc) is 3.09. The van der Waals surface area contributed by atoms with E-state index in [1.807, 2.05) is 35.8 Å². The minimum atomic E-state index is -0.506. The number of aryl methyl sites for hydroxylation is 1. The second-order valence-corrected chi connectivity index (χ2v) is 8.22. The van der Waals surface area contributed by atoms with Gasteiger partial charge in [0.1, 0.15) is 18.2 Å². The lowest BCUT2D eigenvalue weighted by Crippen LogP contribution is -2.16. The van der Waals surface area contributed by atoms with Gasteiger partial charge in [-0.05, 0) is 42.8 Å². The third-order valence-corrected chi connectivity index (χ3v) is 5.46. The molecule has 6 nitrogen and oxygen atoms in total. The molecule has 0 fully saturated rings. The Bertz CT molecular complexity index is 1060. The molecule has 1 aromatic heterocycles. The predicted molar refractivity (Wildman–Crippen MR) is 119 cm³/mol. The zero-order valence-corrected chi connectivity index (χ0v) is 18.7. The van der Waals surface area contributed by atoms with Crippen LogP contribution in [0, 0.1) is 12.7 Å². The normalized spacial score (nSPS) is 10.6. The number of amides is 1. The van der Waals surface area contributed by atoms with Gasteiger partial charge in [0.25, 0.3) is 0 Å². The van der Waals surface area contributed by atoms with Crippen LogP contribution in [0.5, 0.6) is 5.75 Å². The minimum Gasteiger partial charge on any atom is -0.486 e. The Kier molecular flexibility index (Phi) is 7.64. The maximum atomic E-state index is 13.9. The van der Waals surface area contributed by atoms with Crippen molar-refractivity contribution in [2.45, 2.75) is 25.2 Å². The number of halogens is 2. The maximum absolute atomic E-state index is 13.9. The lowest BCUT2D eigenvalue weighted by molar-refractivity contribution is -0.113. The summed E-state index contributed by atoms with van der Waals surface area (Å²) in [4.78, 5) is 12.2. The van der Waals surface area contributed by atoms with Gasteiger partial charge in [-0.1, -0.05) is 45.9 Å². The molecule has 0 saturated heterocycles. The van der Waals surface area contributed by atoms with Crippen LogP contribution in [0.15, 0.2) is 64.7 Å². The molecule has 156 valence electrons. The first kappa shape index (κ1) is 22.0. The molecular formula is C21H20BrFN4O2S. The quantitative estimate of drug-likeness (QED) is 0.338. The van der Waals surface area contributed by atoms with Crippen molar-refractivity contribution in [3.05, 3.63) is 76.8 Å². The van der Waals surface area contributed by atoms with E-state index in [0.717, 1.165) is 11.3 Å². The van der Waals surface area contributed by atoms with Crippen LogP contribution in [0.25, 0.3) is 0 Å². The fourth-order valence-electron chi connectivity index (χ4n) is 2.61. The summed E-state index contributed by atoms with van der Waals surface area (Å²) >= 11 is 4.40. The van der Waals surface area contributed by atoms with E-state index in [1.165, 1.54) is 23.9 Å². The Labute approximate surface area is 186 Å². The molecule has 1 amide bonds. The molecule has 0 saturated carbocycles. The summed E-state index contributed by atoms with van der Waals surface area (Å²) in [6.07, 6.45) is 1.72. The lowest BCUT2D eigenvalue weighted by atomic mass is 10.2. The minimum absolute atomic E-state index is 0.0590. The summed E-state index contributed by atoms with van der Waals surface area (Å²) in [7, 11) is 0. The molecule has 3 aromatic rings. The van der Waals surface area contributed by atoms with Gasteiger partial charge in [0, 0.05) is 11.0 Å². The molecule has 0 bridgehead atoms. The number of hydrogen-bond acceptors (Lipinski definition) is 5. The number of anilines is 1. The number of aromatic nitrogens is 3. The molecule has 1 heterocycles. The van der Waals surface area contributed by atoms with Crippen LogP contribution in [0.2, 0.25) is 0 Å². The molecule has 0 radical (unpaired) electrons. The number of hydrogen-bond donors (Lipinski definition) is 1. The summed E-state index contributed by atoms with van der Waals surface area (Å²) in [6.45, 7) is 6.47. The van der Waals surface area contributed by atoms with E-state index in [0.29, 0.717) is 22.0 Å². The number of benzene rings is 2. The number of nitrogens with one attached hydrogen (secondary N) is 1. The third kappa shape index (κ3) is 5.93. The van der Waals surface area contributed by atoms with Crippen molar-refractivity contribution in [2.75, 3.05) is 11.1 Å². The second-order valence-electron chi connectivity index (χ2n) is 6.36. The van der Waals surface area contributed by atoms with E-state index in [-0.39, 0.29) is 24.0 Å². The molecule has 30 heavy (non-hydrogen) atoms. The van der Waals surface area contributed by atoms with E-state index >= 15 is 0 Å². The zero-order chi connectivity index (χ0) is 21.5. The van der Waals surface area contributed by atoms with Gasteiger partial charge in [0.15, 0.2) is 11.0 Å². The van der Waals surface area contributed by atoms with Crippen molar-refractivity contribution in [1.29, 1.82) is 0 Å². The molecule has 0 aliphatic heterocycles. The van der Waals surface area contributed by atoms with Crippen molar-refractivity contribution in [3.63, 3.8) is 0 Å². The average molecular weight is 491 g/mol. The number of ether oxygens (including phenoxy) is 1. The van der Waals surface area contributed by atoms with Gasteiger partial charge >= 0.3 is 0 Å². The molecule has 9 heteroatoms. The lowest BCUT2D eigenvalue weighted by Gasteiger charge is -2.10. The fourth-order valence-corrected chi connectivity index (χ4v) is 3.71. The number of nitrogens with zero attached hydrogens (tertiary/aromatic N) is 3. The van der Waals surface area contributed by atoms with E-state index in [2.05, 4.69) is 38.0 Å². The topological polar surface area (TPSA) is 69.0 Å². The molecular weight excluding hydrogens is 471 g/mol. The number of carbonyl (C=O) groups is 1. The van der Waals surface area contributed by atoms with Gasteiger partial charge in [-0.15, -0.1) is 16.8 Å². The second kappa shape index (κ2) is 10.4. The highest BCUT2D eigenvalue weighted by Gasteiger charge is 2.15. The molecule has 3 rings (SSSR count). The van der Waals surface area contributed by atoms with Crippen LogP contribution in [0.4, 0.5) is 10.1 Å².